The molecule has 23 heavy (non-hydrogen) atoms. The summed E-state index contributed by atoms with van der Waals surface area (Å²) in [6.45, 7) is 6.73. The lowest BCUT2D eigenvalue weighted by Gasteiger charge is -2.15. The van der Waals surface area contributed by atoms with Gasteiger partial charge in [-0.15, -0.1) is 0 Å². The molecule has 0 bridgehead atoms. The smallest absolute Gasteiger partial charge is 0.431 e. The van der Waals surface area contributed by atoms with Crippen LogP contribution < -0.4 is 4.74 Å². The van der Waals surface area contributed by atoms with Gasteiger partial charge in [-0.25, -0.2) is 4.79 Å². The second kappa shape index (κ2) is 7.52. The number of nitrogens with zero attached hydrogens (tertiary/aromatic N) is 2. The fourth-order valence-electron chi connectivity index (χ4n) is 1.86. The fraction of sp³-hybridized carbons (Fsp3) is 0.500. The zero-order chi connectivity index (χ0) is 17.7. The third kappa shape index (κ3) is 4.63. The van der Waals surface area contributed by atoms with Crippen molar-refractivity contribution in [1.82, 2.24) is 0 Å². The molecule has 126 valence electrons. The van der Waals surface area contributed by atoms with E-state index < -0.39 is 33.5 Å². The van der Waals surface area contributed by atoms with E-state index in [9.17, 15) is 25.0 Å². The summed E-state index contributed by atoms with van der Waals surface area (Å²) in [5.74, 6) is -0.601. The van der Waals surface area contributed by atoms with E-state index in [1.807, 2.05) is 6.92 Å². The maximum atomic E-state index is 11.7. The summed E-state index contributed by atoms with van der Waals surface area (Å²) in [4.78, 5) is 32.3. The van der Waals surface area contributed by atoms with E-state index in [0.29, 0.717) is 6.42 Å². The van der Waals surface area contributed by atoms with Gasteiger partial charge in [0.05, 0.1) is 22.0 Å². The molecule has 0 amide bonds. The van der Waals surface area contributed by atoms with Gasteiger partial charge < -0.3 is 9.47 Å². The summed E-state index contributed by atoms with van der Waals surface area (Å²) < 4.78 is 9.80. The lowest BCUT2D eigenvalue weighted by atomic mass is 9.96. The molecule has 0 fully saturated rings. The Labute approximate surface area is 132 Å². The lowest BCUT2D eigenvalue weighted by Crippen LogP contribution is -2.17. The number of rotatable bonds is 6. The Bertz CT molecular complexity index is 628. The SMILES string of the molecule is CC[C@H](C)c1cc([N+](=O)[O-])cc([N+](=O)[O-])c1OC(=O)OC(C)C. The van der Waals surface area contributed by atoms with Crippen molar-refractivity contribution in [1.29, 1.82) is 0 Å². The predicted molar refractivity (Wildman–Crippen MR) is 80.7 cm³/mol. The van der Waals surface area contributed by atoms with Crippen LogP contribution in [0.3, 0.4) is 0 Å². The average molecular weight is 326 g/mol. The van der Waals surface area contributed by atoms with Gasteiger partial charge in [0.2, 0.25) is 5.75 Å². The van der Waals surface area contributed by atoms with Gasteiger partial charge in [-0.3, -0.25) is 20.2 Å². The number of hydrogen-bond acceptors (Lipinski definition) is 7. The molecule has 0 aromatic heterocycles. The van der Waals surface area contributed by atoms with Crippen LogP contribution in [-0.4, -0.2) is 22.1 Å². The summed E-state index contributed by atoms with van der Waals surface area (Å²) in [5.41, 5.74) is -0.860. The van der Waals surface area contributed by atoms with Crippen LogP contribution in [0, 0.1) is 20.2 Å². The van der Waals surface area contributed by atoms with Gasteiger partial charge in [0.25, 0.3) is 5.69 Å². The second-order valence-corrected chi connectivity index (χ2v) is 5.23. The predicted octanol–water partition coefficient (Wildman–Crippen LogP) is 3.94. The number of ether oxygens (including phenoxy) is 2. The number of nitro groups is 2. The first kappa shape index (κ1) is 18.3. The van der Waals surface area contributed by atoms with Crippen molar-refractivity contribution in [2.45, 2.75) is 46.1 Å². The molecule has 0 saturated carbocycles. The van der Waals surface area contributed by atoms with Crippen LogP contribution in [0.2, 0.25) is 0 Å². The molecule has 0 unspecified atom stereocenters. The normalized spacial score (nSPS) is 11.9. The van der Waals surface area contributed by atoms with Crippen molar-refractivity contribution in [3.8, 4) is 5.75 Å². The number of carbonyl (C=O) groups excluding carboxylic acids is 1. The molecule has 0 heterocycles. The summed E-state index contributed by atoms with van der Waals surface area (Å²) in [7, 11) is 0. The molecule has 1 atom stereocenters. The Morgan fingerprint density at radius 1 is 1.17 bits per heavy atom. The topological polar surface area (TPSA) is 122 Å². The largest absolute Gasteiger partial charge is 0.514 e. The Morgan fingerprint density at radius 2 is 1.78 bits per heavy atom. The minimum absolute atomic E-state index is 0.217. The minimum Gasteiger partial charge on any atom is -0.431 e. The quantitative estimate of drug-likeness (QED) is 0.336. The minimum atomic E-state index is -1.10. The van der Waals surface area contributed by atoms with Gasteiger partial charge in [-0.05, 0) is 26.2 Å². The number of benzene rings is 1. The van der Waals surface area contributed by atoms with Crippen LogP contribution in [-0.2, 0) is 4.74 Å². The highest BCUT2D eigenvalue weighted by Gasteiger charge is 2.29. The Kier molecular flexibility index (Phi) is 6.00. The molecule has 9 nitrogen and oxygen atoms in total. The highest BCUT2D eigenvalue weighted by atomic mass is 16.7. The first-order valence-corrected chi connectivity index (χ1v) is 7.02. The number of carbonyl (C=O) groups is 1. The van der Waals surface area contributed by atoms with E-state index in [1.54, 1.807) is 20.8 Å². The molecular weight excluding hydrogens is 308 g/mol. The molecule has 0 aliphatic rings. The van der Waals surface area contributed by atoms with Crippen molar-refractivity contribution in [2.75, 3.05) is 0 Å². The van der Waals surface area contributed by atoms with E-state index >= 15 is 0 Å². The molecule has 9 heteroatoms. The Morgan fingerprint density at radius 3 is 2.22 bits per heavy atom. The molecule has 0 aliphatic heterocycles. The van der Waals surface area contributed by atoms with Crippen molar-refractivity contribution < 1.29 is 24.1 Å². The van der Waals surface area contributed by atoms with E-state index in [1.165, 1.54) is 6.07 Å². The molecular formula is C14H18N2O7. The van der Waals surface area contributed by atoms with Crippen molar-refractivity contribution in [3.05, 3.63) is 37.9 Å². The molecule has 1 aromatic carbocycles. The first-order chi connectivity index (χ1) is 10.7. The van der Waals surface area contributed by atoms with Crippen LogP contribution >= 0.6 is 0 Å². The van der Waals surface area contributed by atoms with Crippen LogP contribution in [0.4, 0.5) is 16.2 Å². The maximum Gasteiger partial charge on any atom is 0.514 e. The molecule has 1 rings (SSSR count). The van der Waals surface area contributed by atoms with Gasteiger partial charge in [0, 0.05) is 11.6 Å². The molecule has 0 saturated heterocycles. The average Bonchev–Trinajstić information content (AvgIpc) is 2.44. The van der Waals surface area contributed by atoms with Gasteiger partial charge in [-0.1, -0.05) is 13.8 Å². The highest BCUT2D eigenvalue weighted by Crippen LogP contribution is 2.40. The summed E-state index contributed by atoms with van der Waals surface area (Å²) in [6, 6.07) is 1.95. The first-order valence-electron chi connectivity index (χ1n) is 7.02. The van der Waals surface area contributed by atoms with E-state index in [-0.39, 0.29) is 17.2 Å². The molecule has 0 N–H and O–H groups in total. The second-order valence-electron chi connectivity index (χ2n) is 5.23. The van der Waals surface area contributed by atoms with Gasteiger partial charge in [-0.2, -0.15) is 0 Å². The highest BCUT2D eigenvalue weighted by molar-refractivity contribution is 5.70. The van der Waals surface area contributed by atoms with E-state index in [2.05, 4.69) is 0 Å². The van der Waals surface area contributed by atoms with Gasteiger partial charge in [0.15, 0.2) is 0 Å². The maximum absolute atomic E-state index is 11.7. The molecule has 0 aliphatic carbocycles. The fourth-order valence-corrected chi connectivity index (χ4v) is 1.86. The van der Waals surface area contributed by atoms with Crippen LogP contribution in [0.5, 0.6) is 5.75 Å². The van der Waals surface area contributed by atoms with Crippen molar-refractivity contribution >= 4 is 17.5 Å². The number of nitro benzene ring substituents is 2. The van der Waals surface area contributed by atoms with E-state index in [0.717, 1.165) is 6.07 Å². The van der Waals surface area contributed by atoms with E-state index in [4.69, 9.17) is 9.47 Å². The molecule has 0 spiro atoms. The third-order valence-electron chi connectivity index (χ3n) is 3.15. The zero-order valence-electron chi connectivity index (χ0n) is 13.3. The van der Waals surface area contributed by atoms with Crippen LogP contribution in [0.15, 0.2) is 12.1 Å². The van der Waals surface area contributed by atoms with Crippen molar-refractivity contribution in [3.63, 3.8) is 0 Å². The Hall–Kier alpha value is -2.71. The van der Waals surface area contributed by atoms with Crippen molar-refractivity contribution in [2.24, 2.45) is 0 Å². The summed E-state index contributed by atoms with van der Waals surface area (Å²) in [5, 5.41) is 22.2. The van der Waals surface area contributed by atoms with Crippen LogP contribution in [0.1, 0.15) is 45.6 Å². The van der Waals surface area contributed by atoms with Crippen LogP contribution in [0.25, 0.3) is 0 Å². The standard InChI is InChI=1S/C14H18N2O7/c1-5-9(4)11-6-10(15(18)19)7-12(16(20)21)13(11)23-14(17)22-8(2)3/h6-9H,5H2,1-4H3/t9-/m0/s1. The monoisotopic (exact) mass is 326 g/mol. The lowest BCUT2D eigenvalue weighted by molar-refractivity contribution is -0.394. The Balaban J connectivity index is 3.46. The zero-order valence-corrected chi connectivity index (χ0v) is 13.3. The summed E-state index contributed by atoms with van der Waals surface area (Å²) >= 11 is 0. The molecule has 1 aromatic rings. The number of hydrogen-bond donors (Lipinski definition) is 0. The summed E-state index contributed by atoms with van der Waals surface area (Å²) in [6.07, 6.45) is -1.01. The number of non-ortho nitro benzene ring substituents is 1. The molecule has 0 radical (unpaired) electrons. The van der Waals surface area contributed by atoms with Gasteiger partial charge in [0.1, 0.15) is 0 Å². The third-order valence-corrected chi connectivity index (χ3v) is 3.15. The van der Waals surface area contributed by atoms with Gasteiger partial charge >= 0.3 is 11.8 Å².